The summed E-state index contributed by atoms with van der Waals surface area (Å²) in [7, 11) is 0. The van der Waals surface area contributed by atoms with Crippen LogP contribution in [0, 0.1) is 29.6 Å². The molecule has 0 aliphatic heterocycles. The standard InChI is InChI=1S/C57H67N17O9/c1-12-16-20-80-50(77)35-24-34(5)25-40(27-35)71-46(38(30-58)32-60-71)67-65-42-44(56(6,7)8)69-73(48(42)75)53-62-54(64-55(63-53)83-23-19-15-4)74-49(76)43(45(70-74)57(9,10)11)66-68-47-39(31-59)33-61-72(47)41-28-36(51(78)81-21-17-13-2)26-37(29-41)52(79)82-22-18-14-3/h24-29,32-33,75-76H,12-23H2,1-11H3. The van der Waals surface area contributed by atoms with Crippen LogP contribution in [0.15, 0.2) is 69.2 Å². The molecule has 7 rings (SSSR count). The maximum atomic E-state index is 13.3. The van der Waals surface area contributed by atoms with Crippen molar-refractivity contribution in [2.45, 2.75) is 138 Å². The third-order valence-corrected chi connectivity index (χ3v) is 12.4. The molecule has 0 spiro atoms. The van der Waals surface area contributed by atoms with Crippen LogP contribution in [0.3, 0.4) is 0 Å². The van der Waals surface area contributed by atoms with Crippen LogP contribution >= 0.6 is 0 Å². The Morgan fingerprint density at radius 2 is 0.928 bits per heavy atom. The van der Waals surface area contributed by atoms with Gasteiger partial charge in [-0.2, -0.15) is 55.2 Å². The number of benzene rings is 2. The number of aromatic hydroxyl groups is 2. The Balaban J connectivity index is 1.33. The van der Waals surface area contributed by atoms with Crippen molar-refractivity contribution in [2.24, 2.45) is 20.5 Å². The van der Waals surface area contributed by atoms with E-state index in [2.05, 4.69) is 57.7 Å². The highest BCUT2D eigenvalue weighted by atomic mass is 16.5. The molecular formula is C57H67N17O9. The zero-order valence-corrected chi connectivity index (χ0v) is 48.5. The lowest BCUT2D eigenvalue weighted by Crippen LogP contribution is -2.16. The van der Waals surface area contributed by atoms with E-state index in [1.807, 2.05) is 69.2 Å². The number of hydrogen-bond acceptors (Lipinski definition) is 22. The minimum absolute atomic E-state index is 0.0163. The smallest absolute Gasteiger partial charge is 0.338 e. The van der Waals surface area contributed by atoms with Crippen molar-refractivity contribution in [2.75, 3.05) is 26.4 Å². The fourth-order valence-electron chi connectivity index (χ4n) is 7.93. The fourth-order valence-corrected chi connectivity index (χ4v) is 7.93. The molecule has 5 aromatic heterocycles. The summed E-state index contributed by atoms with van der Waals surface area (Å²) in [5.74, 6) is -3.84. The summed E-state index contributed by atoms with van der Waals surface area (Å²) in [6.07, 6.45) is 8.27. The van der Waals surface area contributed by atoms with Gasteiger partial charge in [-0.15, -0.1) is 20.5 Å². The van der Waals surface area contributed by atoms with E-state index in [1.54, 1.807) is 25.1 Å². The molecule has 7 aromatic rings. The average Bonchev–Trinajstić information content (AvgIpc) is 2.77. The van der Waals surface area contributed by atoms with Crippen LogP contribution in [0.2, 0.25) is 0 Å². The molecule has 2 N–H and O–H groups in total. The van der Waals surface area contributed by atoms with Gasteiger partial charge in [-0.1, -0.05) is 94.9 Å². The van der Waals surface area contributed by atoms with Gasteiger partial charge >= 0.3 is 23.9 Å². The summed E-state index contributed by atoms with van der Waals surface area (Å²) in [5, 5.41) is 80.9. The third kappa shape index (κ3) is 14.3. The summed E-state index contributed by atoms with van der Waals surface area (Å²) in [6, 6.07) is 13.1. The molecule has 0 amide bonds. The zero-order valence-electron chi connectivity index (χ0n) is 48.5. The molecule has 0 fully saturated rings. The van der Waals surface area contributed by atoms with Gasteiger partial charge in [-0.25, -0.2) is 23.7 Å². The van der Waals surface area contributed by atoms with E-state index in [0.717, 1.165) is 35.0 Å². The van der Waals surface area contributed by atoms with Crippen molar-refractivity contribution in [3.8, 4) is 53.2 Å². The number of hydrogen-bond donors (Lipinski definition) is 2. The summed E-state index contributed by atoms with van der Waals surface area (Å²) in [6.45, 7) is 21.3. The Kier molecular flexibility index (Phi) is 19.6. The van der Waals surface area contributed by atoms with Crippen LogP contribution in [0.1, 0.15) is 180 Å². The van der Waals surface area contributed by atoms with Gasteiger partial charge in [0, 0.05) is 10.8 Å². The lowest BCUT2D eigenvalue weighted by Gasteiger charge is -2.15. The number of esters is 3. The number of rotatable bonds is 24. The number of carbonyl (C=O) groups is 3. The number of unbranched alkanes of at least 4 members (excludes halogenated alkanes) is 4. The Bertz CT molecular complexity index is 3610. The second kappa shape index (κ2) is 26.7. The van der Waals surface area contributed by atoms with Crippen molar-refractivity contribution in [1.29, 1.82) is 10.5 Å². The van der Waals surface area contributed by atoms with Crippen molar-refractivity contribution in [3.63, 3.8) is 0 Å². The van der Waals surface area contributed by atoms with Gasteiger partial charge in [0.1, 0.15) is 23.3 Å². The Labute approximate surface area is 479 Å². The van der Waals surface area contributed by atoms with Gasteiger partial charge in [-0.3, -0.25) is 0 Å². The first-order chi connectivity index (χ1) is 39.6. The minimum Gasteiger partial charge on any atom is -0.492 e. The minimum atomic E-state index is -0.852. The SMILES string of the molecule is CCCCOC(=O)c1cc(C)cc(-n2ncc(C#N)c2N=Nc2c(C(C)(C)C)nn(-c3nc(OCCCC)nc(-n4nc(C(C)(C)C)c(N=Nc5c(C#N)cnn5-c5cc(C(=O)OCCCC)cc(C(=O)OCCCC)c5)c4O)n3)c2O)c1. The van der Waals surface area contributed by atoms with E-state index >= 15 is 0 Å². The number of ether oxygens (including phenoxy) is 4. The number of aromatic nitrogens is 11. The molecular weight excluding hydrogens is 1070 g/mol. The van der Waals surface area contributed by atoms with Gasteiger partial charge in [-0.05, 0) is 74.6 Å². The second-order valence-electron chi connectivity index (χ2n) is 21.3. The molecule has 2 aromatic carbocycles. The van der Waals surface area contributed by atoms with Gasteiger partial charge in [0.15, 0.2) is 23.0 Å². The van der Waals surface area contributed by atoms with Crippen LogP contribution in [-0.4, -0.2) is 109 Å². The topological polar surface area (TPSA) is 336 Å². The average molecular weight is 1130 g/mol. The normalized spacial score (nSPS) is 11.8. The first-order valence-electron chi connectivity index (χ1n) is 27.3. The molecule has 0 atom stereocenters. The molecule has 26 heteroatoms. The van der Waals surface area contributed by atoms with Crippen molar-refractivity contribution >= 4 is 40.9 Å². The maximum absolute atomic E-state index is 13.3. The van der Waals surface area contributed by atoms with Crippen molar-refractivity contribution in [3.05, 3.63) is 93.6 Å². The summed E-state index contributed by atoms with van der Waals surface area (Å²) >= 11 is 0. The quantitative estimate of drug-likeness (QED) is 0.0246. The molecule has 0 saturated carbocycles. The lowest BCUT2D eigenvalue weighted by atomic mass is 9.91. The van der Waals surface area contributed by atoms with Crippen LogP contribution in [0.5, 0.6) is 17.8 Å². The van der Waals surface area contributed by atoms with Gasteiger partial charge in [0.2, 0.25) is 11.8 Å². The predicted octanol–water partition coefficient (Wildman–Crippen LogP) is 11.6. The van der Waals surface area contributed by atoms with Crippen molar-refractivity contribution in [1.82, 2.24) is 54.1 Å². The van der Waals surface area contributed by atoms with E-state index in [4.69, 9.17) is 29.1 Å². The Hall–Kier alpha value is -9.72. The highest BCUT2D eigenvalue weighted by Gasteiger charge is 2.33. The first kappa shape index (κ1) is 60.9. The van der Waals surface area contributed by atoms with E-state index in [-0.39, 0.29) is 112 Å². The maximum Gasteiger partial charge on any atom is 0.338 e. The number of carbonyl (C=O) groups excluding carboxylic acids is 3. The molecule has 434 valence electrons. The molecule has 0 saturated heterocycles. The van der Waals surface area contributed by atoms with Crippen LogP contribution in [0.4, 0.5) is 23.0 Å². The van der Waals surface area contributed by atoms with Gasteiger partial charge in [0.05, 0.1) is 78.3 Å². The van der Waals surface area contributed by atoms with Crippen LogP contribution < -0.4 is 4.74 Å². The number of nitrogens with zero attached hydrogens (tertiary/aromatic N) is 17. The predicted molar refractivity (Wildman–Crippen MR) is 300 cm³/mol. The van der Waals surface area contributed by atoms with Crippen LogP contribution in [0.25, 0.3) is 23.3 Å². The third-order valence-electron chi connectivity index (χ3n) is 12.4. The molecule has 0 radical (unpaired) electrons. The molecule has 26 nitrogen and oxygen atoms in total. The van der Waals surface area contributed by atoms with E-state index in [1.165, 1.54) is 40.0 Å². The monoisotopic (exact) mass is 1130 g/mol. The Morgan fingerprint density at radius 3 is 1.31 bits per heavy atom. The van der Waals surface area contributed by atoms with E-state index < -0.39 is 40.5 Å². The van der Waals surface area contributed by atoms with Gasteiger partial charge in [0.25, 0.3) is 11.9 Å². The van der Waals surface area contributed by atoms with E-state index in [9.17, 15) is 35.1 Å². The molecule has 83 heavy (non-hydrogen) atoms. The highest BCUT2D eigenvalue weighted by Crippen LogP contribution is 2.43. The highest BCUT2D eigenvalue weighted by molar-refractivity contribution is 5.96. The summed E-state index contributed by atoms with van der Waals surface area (Å²) in [5.41, 5.74) is 0.0212. The molecule has 0 aliphatic carbocycles. The molecule has 0 bridgehead atoms. The molecule has 0 unspecified atom stereocenters. The van der Waals surface area contributed by atoms with Gasteiger partial charge < -0.3 is 29.2 Å². The zero-order chi connectivity index (χ0) is 60.2. The van der Waals surface area contributed by atoms with Crippen LogP contribution in [-0.2, 0) is 25.0 Å². The molecule has 5 heterocycles. The summed E-state index contributed by atoms with van der Waals surface area (Å²) < 4.78 is 27.0. The van der Waals surface area contributed by atoms with Crippen molar-refractivity contribution < 1.29 is 43.5 Å². The summed E-state index contributed by atoms with van der Waals surface area (Å²) in [4.78, 5) is 53.4. The fraction of sp³-hybridized carbons (Fsp3) is 0.439. The number of nitriles is 2. The first-order valence-corrected chi connectivity index (χ1v) is 27.3. The van der Waals surface area contributed by atoms with E-state index in [0.29, 0.717) is 36.9 Å². The lowest BCUT2D eigenvalue weighted by molar-refractivity contribution is 0.0486. The number of aryl methyl sites for hydroxylation is 1. The number of azo groups is 2. The molecule has 0 aliphatic rings. The largest absolute Gasteiger partial charge is 0.492 e. The Morgan fingerprint density at radius 1 is 0.542 bits per heavy atom. The second-order valence-corrected chi connectivity index (χ2v) is 21.3.